The van der Waals surface area contributed by atoms with E-state index in [-0.39, 0.29) is 12.4 Å². The molecule has 1 aliphatic heterocycles. The third-order valence-electron chi connectivity index (χ3n) is 2.97. The van der Waals surface area contributed by atoms with Gasteiger partial charge >= 0.3 is 5.69 Å². The molecule has 1 saturated heterocycles. The predicted molar refractivity (Wildman–Crippen MR) is 69.8 cm³/mol. The summed E-state index contributed by atoms with van der Waals surface area (Å²) in [7, 11) is 0. The van der Waals surface area contributed by atoms with Crippen LogP contribution in [0.3, 0.4) is 0 Å². The average molecular weight is 293 g/mol. The molecule has 2 rings (SSSR count). The average Bonchev–Trinajstić information content (AvgIpc) is 2.75. The smallest absolute Gasteiger partial charge is 0.351 e. The van der Waals surface area contributed by atoms with Crippen LogP contribution in [0, 0.1) is 0 Å². The maximum Gasteiger partial charge on any atom is 0.351 e. The molecule has 1 aromatic rings. The van der Waals surface area contributed by atoms with Gasteiger partial charge in [0.1, 0.15) is 11.9 Å². The molecule has 2 heterocycles. The minimum absolute atomic E-state index is 0.0287. The van der Waals surface area contributed by atoms with Crippen LogP contribution in [0.1, 0.15) is 6.23 Å². The van der Waals surface area contributed by atoms with Gasteiger partial charge in [-0.2, -0.15) is 4.98 Å². The summed E-state index contributed by atoms with van der Waals surface area (Å²) in [5.41, 5.74) is 21.5. The van der Waals surface area contributed by atoms with E-state index in [1.54, 1.807) is 0 Å². The van der Waals surface area contributed by atoms with Gasteiger partial charge in [-0.25, -0.2) is 4.79 Å². The van der Waals surface area contributed by atoms with Gasteiger partial charge in [0, 0.05) is 16.0 Å². The van der Waals surface area contributed by atoms with Crippen molar-refractivity contribution in [3.05, 3.63) is 43.6 Å². The van der Waals surface area contributed by atoms with Crippen molar-refractivity contribution in [2.24, 2.45) is 10.2 Å². The Balaban J connectivity index is 2.35. The summed E-state index contributed by atoms with van der Waals surface area (Å²) in [6, 6.07) is 0.371. The first kappa shape index (κ1) is 14.6. The van der Waals surface area contributed by atoms with Crippen LogP contribution in [-0.2, 0) is 4.74 Å². The maximum atomic E-state index is 11.8. The SMILES string of the molecule is [N-]=[N+]=NC[C@H]1O[C@@H](n2ccc(N)nc2=O)[C@H](O)[C@@H]1N=[N+]=[N-]. The fourth-order valence-corrected chi connectivity index (χ4v) is 2.05. The molecule has 0 bridgehead atoms. The Morgan fingerprint density at radius 2 is 2.29 bits per heavy atom. The maximum absolute atomic E-state index is 11.8. The molecule has 1 aromatic heterocycles. The summed E-state index contributed by atoms with van der Waals surface area (Å²) < 4.78 is 6.47. The van der Waals surface area contributed by atoms with Crippen LogP contribution in [0.25, 0.3) is 20.9 Å². The van der Waals surface area contributed by atoms with Gasteiger partial charge in [0.05, 0.1) is 18.7 Å². The Morgan fingerprint density at radius 1 is 1.52 bits per heavy atom. The molecule has 0 aromatic carbocycles. The largest absolute Gasteiger partial charge is 0.388 e. The molecule has 3 N–H and O–H groups in total. The van der Waals surface area contributed by atoms with Gasteiger partial charge in [-0.15, -0.1) is 0 Å². The topological polar surface area (TPSA) is 188 Å². The minimum atomic E-state index is -1.29. The first-order chi connectivity index (χ1) is 10.1. The Morgan fingerprint density at radius 3 is 2.90 bits per heavy atom. The first-order valence-corrected chi connectivity index (χ1v) is 5.81. The van der Waals surface area contributed by atoms with Crippen molar-refractivity contribution < 1.29 is 9.84 Å². The number of azide groups is 2. The Bertz CT molecular complexity index is 675. The van der Waals surface area contributed by atoms with Gasteiger partial charge in [-0.05, 0) is 17.1 Å². The second kappa shape index (κ2) is 6.11. The van der Waals surface area contributed by atoms with E-state index in [0.29, 0.717) is 0 Å². The van der Waals surface area contributed by atoms with Gasteiger partial charge in [-0.1, -0.05) is 10.2 Å². The fraction of sp³-hybridized carbons (Fsp3) is 0.556. The van der Waals surface area contributed by atoms with E-state index >= 15 is 0 Å². The quantitative estimate of drug-likeness (QED) is 0.450. The second-order valence-corrected chi connectivity index (χ2v) is 4.21. The van der Waals surface area contributed by atoms with E-state index in [1.807, 2.05) is 0 Å². The van der Waals surface area contributed by atoms with E-state index in [0.717, 1.165) is 4.57 Å². The van der Waals surface area contributed by atoms with Gasteiger partial charge in [-0.3, -0.25) is 4.57 Å². The molecular weight excluding hydrogens is 282 g/mol. The number of rotatable bonds is 4. The zero-order valence-corrected chi connectivity index (χ0v) is 10.6. The van der Waals surface area contributed by atoms with Crippen LogP contribution in [0.5, 0.6) is 0 Å². The molecule has 0 unspecified atom stereocenters. The highest BCUT2D eigenvalue weighted by atomic mass is 16.5. The monoisotopic (exact) mass is 293 g/mol. The van der Waals surface area contributed by atoms with E-state index in [9.17, 15) is 9.90 Å². The lowest BCUT2D eigenvalue weighted by atomic mass is 10.1. The number of aromatic nitrogens is 2. The standard InChI is InChI=1S/C9H11N9O3/c10-5-1-2-18(9(20)14-5)8-7(19)6(15-17-12)4(21-8)3-13-16-11/h1-2,4,6-8,19H,3H2,(H2,10,14,20)/t4-,6-,7-,8-/m1/s1. The Kier molecular flexibility index (Phi) is 4.26. The first-order valence-electron chi connectivity index (χ1n) is 5.81. The lowest BCUT2D eigenvalue weighted by molar-refractivity contribution is -0.0370. The number of hydrogen-bond donors (Lipinski definition) is 2. The second-order valence-electron chi connectivity index (χ2n) is 4.21. The number of aliphatic hydroxyl groups excluding tert-OH is 1. The lowest BCUT2D eigenvalue weighted by Gasteiger charge is -2.17. The summed E-state index contributed by atoms with van der Waals surface area (Å²) >= 11 is 0. The minimum Gasteiger partial charge on any atom is -0.388 e. The number of aliphatic hydroxyl groups is 1. The van der Waals surface area contributed by atoms with Crippen LogP contribution in [-0.4, -0.2) is 39.5 Å². The fourth-order valence-electron chi connectivity index (χ4n) is 2.05. The zero-order chi connectivity index (χ0) is 15.4. The molecular formula is C9H11N9O3. The van der Waals surface area contributed by atoms with Crippen molar-refractivity contribution in [3.8, 4) is 0 Å². The molecule has 12 nitrogen and oxygen atoms in total. The summed E-state index contributed by atoms with van der Waals surface area (Å²) in [5.74, 6) is 0.0287. The van der Waals surface area contributed by atoms with Crippen molar-refractivity contribution in [1.82, 2.24) is 9.55 Å². The third kappa shape index (κ3) is 2.88. The van der Waals surface area contributed by atoms with Gasteiger partial charge < -0.3 is 15.6 Å². The number of nitrogen functional groups attached to an aromatic ring is 1. The number of nitrogens with two attached hydrogens (primary N) is 1. The summed E-state index contributed by atoms with van der Waals surface area (Å²) in [6.07, 6.45) is -1.94. The van der Waals surface area contributed by atoms with Crippen LogP contribution in [0.4, 0.5) is 5.82 Å². The van der Waals surface area contributed by atoms with E-state index in [2.05, 4.69) is 25.0 Å². The highest BCUT2D eigenvalue weighted by Gasteiger charge is 2.44. The highest BCUT2D eigenvalue weighted by Crippen LogP contribution is 2.31. The van der Waals surface area contributed by atoms with Gasteiger partial charge in [0.2, 0.25) is 0 Å². The van der Waals surface area contributed by atoms with Crippen molar-refractivity contribution in [2.45, 2.75) is 24.5 Å². The Labute approximate surface area is 117 Å². The summed E-state index contributed by atoms with van der Waals surface area (Å²) in [5, 5.41) is 16.9. The van der Waals surface area contributed by atoms with Crippen molar-refractivity contribution >= 4 is 5.82 Å². The summed E-state index contributed by atoms with van der Waals surface area (Å²) in [4.78, 5) is 20.5. The molecule has 4 atom stereocenters. The molecule has 0 radical (unpaired) electrons. The molecule has 0 saturated carbocycles. The van der Waals surface area contributed by atoms with Crippen LogP contribution in [0.15, 0.2) is 27.3 Å². The molecule has 1 aliphatic rings. The Hall–Kier alpha value is -2.78. The van der Waals surface area contributed by atoms with Crippen molar-refractivity contribution in [3.63, 3.8) is 0 Å². The molecule has 12 heteroatoms. The lowest BCUT2D eigenvalue weighted by Crippen LogP contribution is -2.35. The van der Waals surface area contributed by atoms with Crippen LogP contribution < -0.4 is 11.4 Å². The molecule has 110 valence electrons. The molecule has 0 aliphatic carbocycles. The van der Waals surface area contributed by atoms with Crippen LogP contribution in [0.2, 0.25) is 0 Å². The highest BCUT2D eigenvalue weighted by molar-refractivity contribution is 5.23. The molecule has 21 heavy (non-hydrogen) atoms. The number of anilines is 1. The van der Waals surface area contributed by atoms with Crippen LogP contribution >= 0.6 is 0 Å². The van der Waals surface area contributed by atoms with Gasteiger partial charge in [0.25, 0.3) is 0 Å². The zero-order valence-electron chi connectivity index (χ0n) is 10.6. The molecule has 0 spiro atoms. The number of ether oxygens (including phenoxy) is 1. The van der Waals surface area contributed by atoms with E-state index in [1.165, 1.54) is 12.3 Å². The predicted octanol–water partition coefficient (Wildman–Crippen LogP) is 0.0730. The number of nitrogens with zero attached hydrogens (tertiary/aromatic N) is 8. The number of hydrogen-bond acceptors (Lipinski definition) is 7. The molecule has 0 amide bonds. The third-order valence-corrected chi connectivity index (χ3v) is 2.97. The van der Waals surface area contributed by atoms with Gasteiger partial charge in [0.15, 0.2) is 6.23 Å². The normalized spacial score (nSPS) is 27.7. The van der Waals surface area contributed by atoms with E-state index in [4.69, 9.17) is 21.5 Å². The van der Waals surface area contributed by atoms with Crippen molar-refractivity contribution in [2.75, 3.05) is 12.3 Å². The summed E-state index contributed by atoms with van der Waals surface area (Å²) in [6.45, 7) is -0.148. The van der Waals surface area contributed by atoms with Crippen molar-refractivity contribution in [1.29, 1.82) is 0 Å². The molecule has 1 fully saturated rings. The van der Waals surface area contributed by atoms with E-state index < -0.39 is 30.2 Å².